The molecule has 0 aromatic carbocycles. The molecule has 4 unspecified atom stereocenters. The fourth-order valence-corrected chi connectivity index (χ4v) is 8.77. The molecule has 2 N–H and O–H groups in total. The van der Waals surface area contributed by atoms with E-state index in [2.05, 4.69) is 33.8 Å². The van der Waals surface area contributed by atoms with Crippen LogP contribution in [0, 0.1) is 34.5 Å². The van der Waals surface area contributed by atoms with E-state index in [1.807, 2.05) is 5.57 Å². The van der Waals surface area contributed by atoms with Gasteiger partial charge in [0, 0.05) is 5.54 Å². The molecule has 28 heavy (non-hydrogen) atoms. The molecule has 160 valence electrons. The van der Waals surface area contributed by atoms with Crippen LogP contribution in [-0.4, -0.2) is 5.54 Å². The SMILES string of the molecule is CCCC/C=C1\CCC2CC1(C)CC[C@H]1[C@H]2C[C@H](CC)C2(N)CCCCC12C. The normalized spacial score (nSPS) is 50.0. The van der Waals surface area contributed by atoms with Crippen LogP contribution in [0.4, 0.5) is 0 Å². The van der Waals surface area contributed by atoms with Gasteiger partial charge >= 0.3 is 0 Å². The highest BCUT2D eigenvalue weighted by Crippen LogP contribution is 2.66. The molecule has 0 radical (unpaired) electrons. The van der Waals surface area contributed by atoms with Gasteiger partial charge in [0.05, 0.1) is 0 Å². The molecule has 2 bridgehead atoms. The van der Waals surface area contributed by atoms with Gasteiger partial charge in [0.1, 0.15) is 0 Å². The highest BCUT2D eigenvalue weighted by Gasteiger charge is 2.62. The van der Waals surface area contributed by atoms with Gasteiger partial charge in [0.2, 0.25) is 0 Å². The van der Waals surface area contributed by atoms with Crippen LogP contribution in [0.2, 0.25) is 0 Å². The number of allylic oxidation sites excluding steroid dienone is 2. The van der Waals surface area contributed by atoms with Gasteiger partial charge < -0.3 is 5.73 Å². The van der Waals surface area contributed by atoms with Crippen LogP contribution in [0.1, 0.15) is 118 Å². The Morgan fingerprint density at radius 1 is 1.07 bits per heavy atom. The first-order valence-corrected chi connectivity index (χ1v) is 12.9. The van der Waals surface area contributed by atoms with Crippen LogP contribution >= 0.6 is 0 Å². The third kappa shape index (κ3) is 3.14. The minimum absolute atomic E-state index is 0.111. The Kier molecular flexibility index (Phi) is 5.80. The van der Waals surface area contributed by atoms with Gasteiger partial charge in [-0.2, -0.15) is 0 Å². The lowest BCUT2D eigenvalue weighted by Gasteiger charge is -2.64. The molecular formula is C27H47N. The molecular weight excluding hydrogens is 338 g/mol. The van der Waals surface area contributed by atoms with Crippen molar-refractivity contribution in [1.29, 1.82) is 0 Å². The Hall–Kier alpha value is -0.300. The Morgan fingerprint density at radius 3 is 2.61 bits per heavy atom. The lowest BCUT2D eigenvalue weighted by atomic mass is 9.43. The third-order valence-corrected chi connectivity index (χ3v) is 10.5. The van der Waals surface area contributed by atoms with Crippen molar-refractivity contribution in [3.8, 4) is 0 Å². The van der Waals surface area contributed by atoms with Crippen LogP contribution in [0.3, 0.4) is 0 Å². The average molecular weight is 386 g/mol. The first-order chi connectivity index (χ1) is 13.4. The molecule has 1 heteroatoms. The second-order valence-electron chi connectivity index (χ2n) is 11.7. The quantitative estimate of drug-likeness (QED) is 0.390. The van der Waals surface area contributed by atoms with Crippen molar-refractivity contribution in [2.75, 3.05) is 0 Å². The molecule has 0 aromatic heterocycles. The summed E-state index contributed by atoms with van der Waals surface area (Å²) in [6, 6.07) is 0. The van der Waals surface area contributed by atoms with E-state index in [0.29, 0.717) is 10.8 Å². The van der Waals surface area contributed by atoms with E-state index in [0.717, 1.165) is 23.7 Å². The van der Waals surface area contributed by atoms with E-state index in [1.165, 1.54) is 89.9 Å². The van der Waals surface area contributed by atoms with Crippen LogP contribution in [-0.2, 0) is 0 Å². The zero-order valence-corrected chi connectivity index (χ0v) is 19.4. The Balaban J connectivity index is 1.65. The fourth-order valence-electron chi connectivity index (χ4n) is 8.77. The Morgan fingerprint density at radius 2 is 1.86 bits per heavy atom. The summed E-state index contributed by atoms with van der Waals surface area (Å²) in [6.45, 7) is 10.0. The minimum Gasteiger partial charge on any atom is -0.324 e. The number of rotatable bonds is 4. The van der Waals surface area contributed by atoms with Crippen molar-refractivity contribution < 1.29 is 0 Å². The van der Waals surface area contributed by atoms with Crippen molar-refractivity contribution in [3.63, 3.8) is 0 Å². The molecule has 0 spiro atoms. The zero-order valence-electron chi connectivity index (χ0n) is 19.4. The van der Waals surface area contributed by atoms with E-state index in [4.69, 9.17) is 5.73 Å². The molecule has 4 aliphatic carbocycles. The second kappa shape index (κ2) is 7.75. The maximum atomic E-state index is 7.38. The third-order valence-electron chi connectivity index (χ3n) is 10.5. The van der Waals surface area contributed by atoms with Crippen molar-refractivity contribution in [2.24, 2.45) is 40.2 Å². The number of hydrogen-bond donors (Lipinski definition) is 1. The number of fused-ring (bicyclic) bond motifs is 6. The molecule has 4 aliphatic rings. The summed E-state index contributed by atoms with van der Waals surface area (Å²) in [5, 5.41) is 0. The van der Waals surface area contributed by atoms with Crippen molar-refractivity contribution >= 4 is 0 Å². The summed E-state index contributed by atoms with van der Waals surface area (Å²) in [5.41, 5.74) is 10.2. The summed E-state index contributed by atoms with van der Waals surface area (Å²) in [7, 11) is 0. The van der Waals surface area contributed by atoms with Gasteiger partial charge in [-0.3, -0.25) is 0 Å². The monoisotopic (exact) mass is 385 g/mol. The molecule has 0 aliphatic heterocycles. The largest absolute Gasteiger partial charge is 0.324 e. The second-order valence-corrected chi connectivity index (χ2v) is 11.7. The van der Waals surface area contributed by atoms with Gasteiger partial charge in [-0.15, -0.1) is 0 Å². The summed E-state index contributed by atoms with van der Waals surface area (Å²) in [5.74, 6) is 3.54. The highest BCUT2D eigenvalue weighted by molar-refractivity contribution is 5.21. The van der Waals surface area contributed by atoms with Crippen molar-refractivity contribution in [1.82, 2.24) is 0 Å². The van der Waals surface area contributed by atoms with Crippen molar-refractivity contribution in [2.45, 2.75) is 123 Å². The lowest BCUT2D eigenvalue weighted by molar-refractivity contribution is -0.108. The van der Waals surface area contributed by atoms with Gasteiger partial charge in [-0.05, 0) is 92.3 Å². The summed E-state index contributed by atoms with van der Waals surface area (Å²) in [6.07, 6.45) is 22.0. The average Bonchev–Trinajstić information content (AvgIpc) is 2.79. The molecule has 4 fully saturated rings. The van der Waals surface area contributed by atoms with Gasteiger partial charge in [-0.25, -0.2) is 0 Å². The topological polar surface area (TPSA) is 26.0 Å². The first kappa shape index (κ1) is 21.0. The standard InChI is InChI=1S/C27H47N/c1-5-7-8-11-22-13-12-20-19-25(22,3)17-14-24-23(20)18-21(6-2)27(28)16-10-9-15-26(24,27)4/h11,20-21,23-24H,5-10,12-19,28H2,1-4H3/b22-11+/t20?,21-,23-,24-,25?,26?,27?/m0/s1. The van der Waals surface area contributed by atoms with E-state index >= 15 is 0 Å². The van der Waals surface area contributed by atoms with Crippen molar-refractivity contribution in [3.05, 3.63) is 11.6 Å². The van der Waals surface area contributed by atoms with Crippen LogP contribution < -0.4 is 5.73 Å². The first-order valence-electron chi connectivity index (χ1n) is 12.9. The molecule has 7 atom stereocenters. The maximum absolute atomic E-state index is 7.38. The smallest absolute Gasteiger partial charge is 0.0240 e. The molecule has 0 aromatic rings. The van der Waals surface area contributed by atoms with E-state index in [1.54, 1.807) is 0 Å². The van der Waals surface area contributed by atoms with Crippen LogP contribution in [0.5, 0.6) is 0 Å². The number of nitrogens with two attached hydrogens (primary N) is 1. The lowest BCUT2D eigenvalue weighted by Crippen LogP contribution is -2.67. The van der Waals surface area contributed by atoms with E-state index < -0.39 is 0 Å². The molecule has 1 nitrogen and oxygen atoms in total. The Bertz CT molecular complexity index is 593. The summed E-state index contributed by atoms with van der Waals surface area (Å²) >= 11 is 0. The fraction of sp³-hybridized carbons (Fsp3) is 0.926. The summed E-state index contributed by atoms with van der Waals surface area (Å²) < 4.78 is 0. The van der Waals surface area contributed by atoms with Crippen LogP contribution in [0.15, 0.2) is 11.6 Å². The minimum atomic E-state index is 0.111. The van der Waals surface area contributed by atoms with E-state index in [-0.39, 0.29) is 5.54 Å². The summed E-state index contributed by atoms with van der Waals surface area (Å²) in [4.78, 5) is 0. The molecule has 4 rings (SSSR count). The zero-order chi connectivity index (χ0) is 20.0. The van der Waals surface area contributed by atoms with Crippen LogP contribution in [0.25, 0.3) is 0 Å². The predicted octanol–water partition coefficient (Wildman–Crippen LogP) is 7.64. The van der Waals surface area contributed by atoms with Gasteiger partial charge in [-0.1, -0.05) is 71.4 Å². The van der Waals surface area contributed by atoms with E-state index in [9.17, 15) is 0 Å². The molecule has 0 saturated heterocycles. The van der Waals surface area contributed by atoms with Gasteiger partial charge in [0.15, 0.2) is 0 Å². The Labute approximate surface area is 175 Å². The molecule has 0 heterocycles. The predicted molar refractivity (Wildman–Crippen MR) is 121 cm³/mol. The molecule has 0 amide bonds. The highest BCUT2D eigenvalue weighted by atomic mass is 14.9. The number of unbranched alkanes of at least 4 members (excludes halogenated alkanes) is 2. The van der Waals surface area contributed by atoms with Gasteiger partial charge in [0.25, 0.3) is 0 Å². The molecule has 4 saturated carbocycles. The maximum Gasteiger partial charge on any atom is 0.0240 e. The number of hydrogen-bond acceptors (Lipinski definition) is 1.